The molecule has 1 aromatic carbocycles. The minimum Gasteiger partial charge on any atom is -0.493 e. The van der Waals surface area contributed by atoms with E-state index in [0.717, 1.165) is 56.4 Å². The Bertz CT molecular complexity index is 579. The molecule has 1 heterocycles. The highest BCUT2D eigenvalue weighted by atomic mass is 127. The number of halogens is 1. The van der Waals surface area contributed by atoms with E-state index in [2.05, 4.69) is 21.7 Å². The lowest BCUT2D eigenvalue weighted by molar-refractivity contribution is 0.153. The molecule has 0 radical (unpaired) electrons. The van der Waals surface area contributed by atoms with Gasteiger partial charge in [0.25, 0.3) is 0 Å². The smallest absolute Gasteiger partial charge is 0.195 e. The van der Waals surface area contributed by atoms with Gasteiger partial charge in [0.05, 0.1) is 19.8 Å². The van der Waals surface area contributed by atoms with Gasteiger partial charge in [-0.2, -0.15) is 0 Å². The summed E-state index contributed by atoms with van der Waals surface area (Å²) in [6, 6.07) is 7.89. The first kappa shape index (κ1) is 22.7. The molecular formula is C19H30IN3O3. The minimum atomic E-state index is 0. The van der Waals surface area contributed by atoms with Gasteiger partial charge in [0.1, 0.15) is 5.75 Å². The third-order valence-corrected chi connectivity index (χ3v) is 3.88. The Morgan fingerprint density at radius 3 is 2.92 bits per heavy atom. The van der Waals surface area contributed by atoms with Crippen LogP contribution in [-0.4, -0.2) is 53.1 Å². The van der Waals surface area contributed by atoms with Crippen LogP contribution in [0.4, 0.5) is 5.69 Å². The summed E-state index contributed by atoms with van der Waals surface area (Å²) in [5, 5.41) is 6.64. The SMILES string of the molecule is CN=C(NCCC1=CCOCC1)Nc1cccc(OCCCOC)c1.I. The van der Waals surface area contributed by atoms with E-state index in [1.54, 1.807) is 14.2 Å². The van der Waals surface area contributed by atoms with Crippen LogP contribution in [0, 0.1) is 0 Å². The summed E-state index contributed by atoms with van der Waals surface area (Å²) >= 11 is 0. The molecule has 0 aromatic heterocycles. The maximum absolute atomic E-state index is 5.72. The summed E-state index contributed by atoms with van der Waals surface area (Å²) in [7, 11) is 3.47. The molecule has 26 heavy (non-hydrogen) atoms. The van der Waals surface area contributed by atoms with Crippen molar-refractivity contribution in [2.45, 2.75) is 19.3 Å². The average Bonchev–Trinajstić information content (AvgIpc) is 2.66. The summed E-state index contributed by atoms with van der Waals surface area (Å²) in [6.07, 6.45) is 5.08. The number of nitrogens with one attached hydrogen (secondary N) is 2. The van der Waals surface area contributed by atoms with Crippen LogP contribution in [0.1, 0.15) is 19.3 Å². The number of benzene rings is 1. The van der Waals surface area contributed by atoms with Crippen LogP contribution in [0.15, 0.2) is 40.9 Å². The van der Waals surface area contributed by atoms with Crippen LogP contribution < -0.4 is 15.4 Å². The number of hydrogen-bond donors (Lipinski definition) is 2. The lowest BCUT2D eigenvalue weighted by Crippen LogP contribution is -2.31. The van der Waals surface area contributed by atoms with E-state index in [-0.39, 0.29) is 24.0 Å². The van der Waals surface area contributed by atoms with Crippen molar-refractivity contribution in [3.8, 4) is 5.75 Å². The van der Waals surface area contributed by atoms with Gasteiger partial charge in [0.2, 0.25) is 0 Å². The largest absolute Gasteiger partial charge is 0.493 e. The minimum absolute atomic E-state index is 0. The molecule has 0 amide bonds. The van der Waals surface area contributed by atoms with Crippen molar-refractivity contribution >= 4 is 35.6 Å². The van der Waals surface area contributed by atoms with Crippen molar-refractivity contribution in [1.82, 2.24) is 5.32 Å². The van der Waals surface area contributed by atoms with Crippen molar-refractivity contribution in [3.63, 3.8) is 0 Å². The highest BCUT2D eigenvalue weighted by Gasteiger charge is 2.05. The number of methoxy groups -OCH3 is 1. The molecule has 2 rings (SSSR count). The predicted molar refractivity (Wildman–Crippen MR) is 117 cm³/mol. The van der Waals surface area contributed by atoms with Crippen molar-refractivity contribution in [1.29, 1.82) is 0 Å². The highest BCUT2D eigenvalue weighted by molar-refractivity contribution is 14.0. The van der Waals surface area contributed by atoms with Crippen molar-refractivity contribution < 1.29 is 14.2 Å². The van der Waals surface area contributed by atoms with Gasteiger partial charge < -0.3 is 24.8 Å². The van der Waals surface area contributed by atoms with Gasteiger partial charge in [-0.05, 0) is 25.0 Å². The number of anilines is 1. The molecule has 0 fully saturated rings. The van der Waals surface area contributed by atoms with Gasteiger partial charge in [0.15, 0.2) is 5.96 Å². The number of hydrogen-bond acceptors (Lipinski definition) is 4. The summed E-state index contributed by atoms with van der Waals surface area (Å²) in [6.45, 7) is 3.76. The van der Waals surface area contributed by atoms with E-state index < -0.39 is 0 Å². The summed E-state index contributed by atoms with van der Waals surface area (Å²) < 4.78 is 16.1. The molecule has 0 spiro atoms. The normalized spacial score (nSPS) is 14.2. The van der Waals surface area contributed by atoms with Gasteiger partial charge in [-0.15, -0.1) is 24.0 Å². The van der Waals surface area contributed by atoms with E-state index >= 15 is 0 Å². The first-order chi connectivity index (χ1) is 12.3. The zero-order valence-electron chi connectivity index (χ0n) is 15.6. The molecule has 6 nitrogen and oxygen atoms in total. The van der Waals surface area contributed by atoms with E-state index in [1.807, 2.05) is 24.3 Å². The number of nitrogens with zero attached hydrogens (tertiary/aromatic N) is 1. The molecule has 0 aliphatic carbocycles. The zero-order chi connectivity index (χ0) is 17.7. The Hall–Kier alpha value is -1.32. The predicted octanol–water partition coefficient (Wildman–Crippen LogP) is 3.44. The fourth-order valence-corrected chi connectivity index (χ4v) is 2.51. The zero-order valence-corrected chi connectivity index (χ0v) is 18.0. The van der Waals surface area contributed by atoms with Gasteiger partial charge >= 0.3 is 0 Å². The van der Waals surface area contributed by atoms with E-state index in [0.29, 0.717) is 13.2 Å². The van der Waals surface area contributed by atoms with Crippen LogP contribution in [-0.2, 0) is 9.47 Å². The Labute approximate surface area is 173 Å². The van der Waals surface area contributed by atoms with Crippen LogP contribution in [0.2, 0.25) is 0 Å². The first-order valence-corrected chi connectivity index (χ1v) is 8.77. The third kappa shape index (κ3) is 8.86. The maximum atomic E-state index is 5.72. The molecule has 146 valence electrons. The summed E-state index contributed by atoms with van der Waals surface area (Å²) in [5.41, 5.74) is 2.39. The molecule has 0 unspecified atom stereocenters. The fraction of sp³-hybridized carbons (Fsp3) is 0.526. The van der Waals surface area contributed by atoms with Crippen LogP contribution >= 0.6 is 24.0 Å². The second-order valence-corrected chi connectivity index (χ2v) is 5.78. The molecule has 0 saturated carbocycles. The second kappa shape index (κ2) is 13.8. The van der Waals surface area contributed by atoms with Crippen molar-refractivity contribution in [2.75, 3.05) is 52.4 Å². The Balaban J connectivity index is 0.00000338. The lowest BCUT2D eigenvalue weighted by Gasteiger charge is -2.16. The van der Waals surface area contributed by atoms with E-state index in [9.17, 15) is 0 Å². The molecule has 0 saturated heterocycles. The Kier molecular flexibility index (Phi) is 12.1. The molecule has 2 N–H and O–H groups in total. The van der Waals surface area contributed by atoms with Crippen LogP contribution in [0.3, 0.4) is 0 Å². The molecule has 0 atom stereocenters. The second-order valence-electron chi connectivity index (χ2n) is 5.78. The molecule has 7 heteroatoms. The Morgan fingerprint density at radius 1 is 1.31 bits per heavy atom. The first-order valence-electron chi connectivity index (χ1n) is 8.77. The number of aliphatic imine (C=N–C) groups is 1. The standard InChI is InChI=1S/C19H29N3O3.HI/c1-20-19(21-10-7-16-8-13-24-14-9-16)22-17-5-3-6-18(15-17)25-12-4-11-23-2;/h3,5-6,8,15H,4,7,9-14H2,1-2H3,(H2,20,21,22);1H. The van der Waals surface area contributed by atoms with Gasteiger partial charge in [-0.25, -0.2) is 0 Å². The molecule has 1 aliphatic heterocycles. The van der Waals surface area contributed by atoms with Gasteiger partial charge in [0, 0.05) is 45.5 Å². The van der Waals surface area contributed by atoms with E-state index in [1.165, 1.54) is 5.57 Å². The van der Waals surface area contributed by atoms with Crippen LogP contribution in [0.25, 0.3) is 0 Å². The van der Waals surface area contributed by atoms with Gasteiger partial charge in [-0.3, -0.25) is 4.99 Å². The molecule has 0 bridgehead atoms. The quantitative estimate of drug-likeness (QED) is 0.188. The fourth-order valence-electron chi connectivity index (χ4n) is 2.51. The van der Waals surface area contributed by atoms with E-state index in [4.69, 9.17) is 14.2 Å². The maximum Gasteiger partial charge on any atom is 0.195 e. The molecular weight excluding hydrogens is 445 g/mol. The van der Waals surface area contributed by atoms with Crippen LogP contribution in [0.5, 0.6) is 5.75 Å². The number of rotatable bonds is 9. The molecule has 1 aromatic rings. The topological polar surface area (TPSA) is 64.1 Å². The monoisotopic (exact) mass is 475 g/mol. The average molecular weight is 475 g/mol. The van der Waals surface area contributed by atoms with Crippen molar-refractivity contribution in [3.05, 3.63) is 35.9 Å². The number of ether oxygens (including phenoxy) is 3. The lowest BCUT2D eigenvalue weighted by atomic mass is 10.1. The summed E-state index contributed by atoms with van der Waals surface area (Å²) in [4.78, 5) is 4.28. The van der Waals surface area contributed by atoms with Crippen molar-refractivity contribution in [2.24, 2.45) is 4.99 Å². The highest BCUT2D eigenvalue weighted by Crippen LogP contribution is 2.17. The number of guanidine groups is 1. The Morgan fingerprint density at radius 2 is 2.19 bits per heavy atom. The third-order valence-electron chi connectivity index (χ3n) is 3.88. The summed E-state index contributed by atoms with van der Waals surface area (Å²) in [5.74, 6) is 1.59. The van der Waals surface area contributed by atoms with Gasteiger partial charge in [-0.1, -0.05) is 17.7 Å². The molecule has 1 aliphatic rings.